The van der Waals surface area contributed by atoms with Crippen molar-refractivity contribution in [2.24, 2.45) is 5.92 Å². The standard InChI is InChI=1S/C11H23NO/c1-12-9-3-4-10-5-7-11(13-2)8-6-10/h10-12H,3-9H2,1-2H3/t10-,11+. The van der Waals surface area contributed by atoms with Gasteiger partial charge in [-0.15, -0.1) is 0 Å². The Kier molecular flexibility index (Phi) is 5.40. The fraction of sp³-hybridized carbons (Fsp3) is 1.00. The summed E-state index contributed by atoms with van der Waals surface area (Å²) in [4.78, 5) is 0. The lowest BCUT2D eigenvalue weighted by Gasteiger charge is -2.27. The van der Waals surface area contributed by atoms with Gasteiger partial charge in [0, 0.05) is 7.11 Å². The molecule has 0 heterocycles. The lowest BCUT2D eigenvalue weighted by Crippen LogP contribution is -2.21. The van der Waals surface area contributed by atoms with E-state index in [1.165, 1.54) is 45.1 Å². The summed E-state index contributed by atoms with van der Waals surface area (Å²) in [6.45, 7) is 1.17. The molecule has 1 N–H and O–H groups in total. The summed E-state index contributed by atoms with van der Waals surface area (Å²) in [6, 6.07) is 0. The van der Waals surface area contributed by atoms with Gasteiger partial charge in [0.2, 0.25) is 0 Å². The molecule has 0 amide bonds. The van der Waals surface area contributed by atoms with Crippen LogP contribution in [0.3, 0.4) is 0 Å². The van der Waals surface area contributed by atoms with Gasteiger partial charge in [-0.25, -0.2) is 0 Å². The van der Waals surface area contributed by atoms with Crippen LogP contribution in [0.5, 0.6) is 0 Å². The number of rotatable bonds is 5. The molecule has 2 nitrogen and oxygen atoms in total. The first-order chi connectivity index (χ1) is 6.36. The monoisotopic (exact) mass is 185 g/mol. The quantitative estimate of drug-likeness (QED) is 0.663. The first kappa shape index (κ1) is 11.0. The van der Waals surface area contributed by atoms with Gasteiger partial charge in [-0.1, -0.05) is 0 Å². The molecule has 0 unspecified atom stereocenters. The Hall–Kier alpha value is -0.0800. The molecule has 0 spiro atoms. The molecule has 2 heteroatoms. The summed E-state index contributed by atoms with van der Waals surface area (Å²) in [5.74, 6) is 0.972. The first-order valence-electron chi connectivity index (χ1n) is 5.54. The first-order valence-corrected chi connectivity index (χ1v) is 5.54. The van der Waals surface area contributed by atoms with Crippen molar-refractivity contribution in [3.8, 4) is 0 Å². The van der Waals surface area contributed by atoms with Crippen LogP contribution in [-0.4, -0.2) is 26.8 Å². The average Bonchev–Trinajstić information content (AvgIpc) is 2.19. The lowest BCUT2D eigenvalue weighted by molar-refractivity contribution is 0.0553. The molecular weight excluding hydrogens is 162 g/mol. The minimum atomic E-state index is 0.556. The number of hydrogen-bond acceptors (Lipinski definition) is 2. The normalized spacial score (nSPS) is 29.1. The third-order valence-electron chi connectivity index (χ3n) is 3.17. The summed E-state index contributed by atoms with van der Waals surface area (Å²) >= 11 is 0. The summed E-state index contributed by atoms with van der Waals surface area (Å²) in [5.41, 5.74) is 0. The highest BCUT2D eigenvalue weighted by atomic mass is 16.5. The van der Waals surface area contributed by atoms with Gasteiger partial charge in [-0.2, -0.15) is 0 Å². The van der Waals surface area contributed by atoms with E-state index in [-0.39, 0.29) is 0 Å². The molecule has 1 aliphatic rings. The van der Waals surface area contributed by atoms with E-state index in [9.17, 15) is 0 Å². The molecule has 13 heavy (non-hydrogen) atoms. The zero-order valence-corrected chi connectivity index (χ0v) is 9.01. The van der Waals surface area contributed by atoms with Gasteiger partial charge >= 0.3 is 0 Å². The van der Waals surface area contributed by atoms with Gasteiger partial charge < -0.3 is 10.1 Å². The van der Waals surface area contributed by atoms with Crippen molar-refractivity contribution in [2.75, 3.05) is 20.7 Å². The Morgan fingerprint density at radius 1 is 1.23 bits per heavy atom. The van der Waals surface area contributed by atoms with Crippen LogP contribution in [-0.2, 0) is 4.74 Å². The Labute approximate surface area is 82.0 Å². The maximum Gasteiger partial charge on any atom is 0.0571 e. The maximum absolute atomic E-state index is 5.35. The molecular formula is C11H23NO. The second-order valence-corrected chi connectivity index (χ2v) is 4.12. The van der Waals surface area contributed by atoms with Crippen LogP contribution in [0, 0.1) is 5.92 Å². The highest BCUT2D eigenvalue weighted by Crippen LogP contribution is 2.28. The minimum Gasteiger partial charge on any atom is -0.381 e. The minimum absolute atomic E-state index is 0.556. The zero-order valence-electron chi connectivity index (χ0n) is 9.01. The molecule has 0 aromatic heterocycles. The summed E-state index contributed by atoms with van der Waals surface area (Å²) in [7, 11) is 3.87. The van der Waals surface area contributed by atoms with E-state index in [0.29, 0.717) is 6.10 Å². The summed E-state index contributed by atoms with van der Waals surface area (Å²) in [6.07, 6.45) is 8.60. The van der Waals surface area contributed by atoms with Crippen LogP contribution in [0.15, 0.2) is 0 Å². The zero-order chi connectivity index (χ0) is 9.52. The van der Waals surface area contributed by atoms with Crippen molar-refractivity contribution in [3.05, 3.63) is 0 Å². The molecule has 0 saturated heterocycles. The number of hydrogen-bond donors (Lipinski definition) is 1. The van der Waals surface area contributed by atoms with Crippen LogP contribution >= 0.6 is 0 Å². The fourth-order valence-corrected chi connectivity index (χ4v) is 2.22. The predicted molar refractivity (Wildman–Crippen MR) is 55.9 cm³/mol. The number of nitrogens with one attached hydrogen (secondary N) is 1. The van der Waals surface area contributed by atoms with Crippen LogP contribution in [0.4, 0.5) is 0 Å². The molecule has 0 radical (unpaired) electrons. The van der Waals surface area contributed by atoms with E-state index in [1.807, 2.05) is 14.2 Å². The second-order valence-electron chi connectivity index (χ2n) is 4.12. The molecule has 1 fully saturated rings. The van der Waals surface area contributed by atoms with Crippen molar-refractivity contribution in [1.29, 1.82) is 0 Å². The number of methoxy groups -OCH3 is 1. The van der Waals surface area contributed by atoms with E-state index in [0.717, 1.165) is 5.92 Å². The Balaban J connectivity index is 2.03. The molecule has 0 atom stereocenters. The molecule has 0 aliphatic heterocycles. The van der Waals surface area contributed by atoms with E-state index >= 15 is 0 Å². The van der Waals surface area contributed by atoms with Crippen molar-refractivity contribution in [1.82, 2.24) is 5.32 Å². The third kappa shape index (κ3) is 4.10. The van der Waals surface area contributed by atoms with Gasteiger partial charge in [-0.05, 0) is 58.0 Å². The molecule has 1 aliphatic carbocycles. The van der Waals surface area contributed by atoms with Crippen LogP contribution in [0.1, 0.15) is 38.5 Å². The van der Waals surface area contributed by atoms with Crippen molar-refractivity contribution in [2.45, 2.75) is 44.6 Å². The van der Waals surface area contributed by atoms with Gasteiger partial charge in [-0.3, -0.25) is 0 Å². The van der Waals surface area contributed by atoms with Crippen LogP contribution < -0.4 is 5.32 Å². The van der Waals surface area contributed by atoms with Crippen molar-refractivity contribution < 1.29 is 4.74 Å². The Morgan fingerprint density at radius 3 is 2.46 bits per heavy atom. The summed E-state index contributed by atoms with van der Waals surface area (Å²) in [5, 5.41) is 3.20. The molecule has 1 rings (SSSR count). The SMILES string of the molecule is CNCCC[C@H]1CC[C@@H](OC)CC1. The van der Waals surface area contributed by atoms with Gasteiger partial charge in [0.25, 0.3) is 0 Å². The molecule has 0 aromatic rings. The number of ether oxygens (including phenoxy) is 1. The topological polar surface area (TPSA) is 21.3 Å². The smallest absolute Gasteiger partial charge is 0.0571 e. The molecule has 1 saturated carbocycles. The average molecular weight is 185 g/mol. The Morgan fingerprint density at radius 2 is 1.92 bits per heavy atom. The molecule has 78 valence electrons. The largest absolute Gasteiger partial charge is 0.381 e. The maximum atomic E-state index is 5.35. The van der Waals surface area contributed by atoms with Gasteiger partial charge in [0.1, 0.15) is 0 Å². The van der Waals surface area contributed by atoms with Crippen molar-refractivity contribution in [3.63, 3.8) is 0 Å². The van der Waals surface area contributed by atoms with Gasteiger partial charge in [0.15, 0.2) is 0 Å². The molecule has 0 aromatic carbocycles. The van der Waals surface area contributed by atoms with E-state index < -0.39 is 0 Å². The van der Waals surface area contributed by atoms with Gasteiger partial charge in [0.05, 0.1) is 6.10 Å². The van der Waals surface area contributed by atoms with E-state index in [1.54, 1.807) is 0 Å². The molecule has 0 bridgehead atoms. The fourth-order valence-electron chi connectivity index (χ4n) is 2.22. The van der Waals surface area contributed by atoms with Crippen molar-refractivity contribution >= 4 is 0 Å². The lowest BCUT2D eigenvalue weighted by atomic mass is 9.84. The van der Waals surface area contributed by atoms with E-state index in [2.05, 4.69) is 5.32 Å². The second kappa shape index (κ2) is 6.39. The Bertz CT molecular complexity index is 117. The van der Waals surface area contributed by atoms with E-state index in [4.69, 9.17) is 4.74 Å². The third-order valence-corrected chi connectivity index (χ3v) is 3.17. The predicted octanol–water partition coefficient (Wildman–Crippen LogP) is 2.19. The van der Waals surface area contributed by atoms with Crippen LogP contribution in [0.2, 0.25) is 0 Å². The highest BCUT2D eigenvalue weighted by molar-refractivity contribution is 4.72. The summed E-state index contributed by atoms with van der Waals surface area (Å²) < 4.78 is 5.35. The highest BCUT2D eigenvalue weighted by Gasteiger charge is 2.19. The van der Waals surface area contributed by atoms with Crippen LogP contribution in [0.25, 0.3) is 0 Å².